The first kappa shape index (κ1) is 15.3. The third kappa shape index (κ3) is 3.62. The minimum Gasteiger partial charge on any atom is -0.466 e. The van der Waals surface area contributed by atoms with Gasteiger partial charge in [-0.25, -0.2) is 8.78 Å². The van der Waals surface area contributed by atoms with E-state index < -0.39 is 12.4 Å². The van der Waals surface area contributed by atoms with E-state index in [1.54, 1.807) is 6.92 Å². The molecule has 1 rings (SSSR count). The molecule has 0 N–H and O–H groups in total. The summed E-state index contributed by atoms with van der Waals surface area (Å²) >= 11 is 9.06. The zero-order valence-electron chi connectivity index (χ0n) is 9.55. The highest BCUT2D eigenvalue weighted by Crippen LogP contribution is 2.31. The smallest absolute Gasteiger partial charge is 0.310 e. The fraction of sp³-hybridized carbons (Fsp3) is 0.455. The Morgan fingerprint density at radius 1 is 1.61 bits per heavy atom. The second kappa shape index (κ2) is 6.99. The number of hydrogen-bond donors (Lipinski definition) is 0. The second-order valence-electron chi connectivity index (χ2n) is 3.37. The van der Waals surface area contributed by atoms with Crippen molar-refractivity contribution in [2.24, 2.45) is 0 Å². The maximum Gasteiger partial charge on any atom is 0.310 e. The second-order valence-corrected chi connectivity index (χ2v) is 4.31. The molecule has 0 saturated carbocycles. The molecule has 0 aromatic carbocycles. The van der Waals surface area contributed by atoms with Crippen LogP contribution in [-0.4, -0.2) is 17.6 Å². The summed E-state index contributed by atoms with van der Waals surface area (Å²) in [5.41, 5.74) is 0.364. The topological polar surface area (TPSA) is 39.2 Å². The first-order valence-electron chi connectivity index (χ1n) is 5.17. The zero-order valence-corrected chi connectivity index (χ0v) is 11.9. The molecule has 0 spiro atoms. The van der Waals surface area contributed by atoms with E-state index >= 15 is 0 Å². The van der Waals surface area contributed by atoms with E-state index in [-0.39, 0.29) is 29.2 Å². The quantitative estimate of drug-likeness (QED) is 0.605. The highest BCUT2D eigenvalue weighted by Gasteiger charge is 2.20. The summed E-state index contributed by atoms with van der Waals surface area (Å²) in [5.74, 6) is -0.519. The Balaban J connectivity index is 3.13. The van der Waals surface area contributed by atoms with Gasteiger partial charge in [0.2, 0.25) is 0 Å². The number of carbonyl (C=O) groups is 1. The van der Waals surface area contributed by atoms with E-state index in [1.807, 2.05) is 0 Å². The van der Waals surface area contributed by atoms with E-state index in [0.29, 0.717) is 11.0 Å². The maximum absolute atomic E-state index is 12.7. The summed E-state index contributed by atoms with van der Waals surface area (Å²) in [7, 11) is 0. The summed E-state index contributed by atoms with van der Waals surface area (Å²) in [5, 5.41) is 0.202. The summed E-state index contributed by atoms with van der Waals surface area (Å²) in [4.78, 5) is 15.3. The van der Waals surface area contributed by atoms with Crippen molar-refractivity contribution >= 4 is 33.5 Å². The molecule has 18 heavy (non-hydrogen) atoms. The maximum atomic E-state index is 12.7. The molecule has 0 atom stereocenters. The molecule has 100 valence electrons. The highest BCUT2D eigenvalue weighted by molar-refractivity contribution is 9.08. The number of halogens is 4. The zero-order chi connectivity index (χ0) is 13.7. The van der Waals surface area contributed by atoms with Crippen molar-refractivity contribution in [1.29, 1.82) is 0 Å². The number of hydrogen-bond acceptors (Lipinski definition) is 3. The van der Waals surface area contributed by atoms with Gasteiger partial charge in [0.25, 0.3) is 6.43 Å². The Kier molecular flexibility index (Phi) is 5.95. The number of alkyl halides is 3. The lowest BCUT2D eigenvalue weighted by Gasteiger charge is -2.12. The van der Waals surface area contributed by atoms with Gasteiger partial charge in [-0.1, -0.05) is 27.5 Å². The Morgan fingerprint density at radius 3 is 2.78 bits per heavy atom. The van der Waals surface area contributed by atoms with Crippen molar-refractivity contribution in [3.8, 4) is 0 Å². The van der Waals surface area contributed by atoms with Crippen LogP contribution in [0.1, 0.15) is 30.2 Å². The van der Waals surface area contributed by atoms with Crippen LogP contribution >= 0.6 is 27.5 Å². The van der Waals surface area contributed by atoms with Gasteiger partial charge in [-0.3, -0.25) is 9.78 Å². The largest absolute Gasteiger partial charge is 0.466 e. The molecule has 1 aromatic heterocycles. The average molecular weight is 343 g/mol. The fourth-order valence-corrected chi connectivity index (χ4v) is 2.18. The van der Waals surface area contributed by atoms with E-state index in [4.69, 9.17) is 16.3 Å². The molecule has 1 aromatic rings. The number of ether oxygens (including phenoxy) is 1. The fourth-order valence-electron chi connectivity index (χ4n) is 1.39. The molecule has 0 aliphatic rings. The summed E-state index contributed by atoms with van der Waals surface area (Å²) < 4.78 is 30.1. The van der Waals surface area contributed by atoms with Crippen LogP contribution in [0.2, 0.25) is 5.02 Å². The van der Waals surface area contributed by atoms with Gasteiger partial charge in [-0.05, 0) is 6.92 Å². The Morgan fingerprint density at radius 2 is 2.28 bits per heavy atom. The monoisotopic (exact) mass is 341 g/mol. The van der Waals surface area contributed by atoms with Crippen LogP contribution in [-0.2, 0) is 21.3 Å². The van der Waals surface area contributed by atoms with Gasteiger partial charge in [0.05, 0.1) is 29.3 Å². The number of rotatable bonds is 5. The van der Waals surface area contributed by atoms with Gasteiger partial charge >= 0.3 is 5.97 Å². The molecule has 1 heterocycles. The lowest BCUT2D eigenvalue weighted by molar-refractivity contribution is -0.142. The molecular formula is C11H11BrClF2NO2. The molecule has 0 bridgehead atoms. The van der Waals surface area contributed by atoms with Crippen LogP contribution in [0.25, 0.3) is 0 Å². The van der Waals surface area contributed by atoms with Gasteiger partial charge in [-0.2, -0.15) is 0 Å². The molecule has 0 radical (unpaired) electrons. The Hall–Kier alpha value is -0.750. The van der Waals surface area contributed by atoms with Gasteiger partial charge < -0.3 is 4.74 Å². The van der Waals surface area contributed by atoms with E-state index in [1.165, 1.54) is 0 Å². The lowest BCUT2D eigenvalue weighted by atomic mass is 10.1. The van der Waals surface area contributed by atoms with Crippen LogP contribution in [0, 0.1) is 0 Å². The molecule has 0 fully saturated rings. The number of carbonyl (C=O) groups excluding carboxylic acids is 1. The first-order chi connectivity index (χ1) is 8.51. The Labute approximate surface area is 117 Å². The van der Waals surface area contributed by atoms with Crippen LogP contribution in [0.3, 0.4) is 0 Å². The lowest BCUT2D eigenvalue weighted by Crippen LogP contribution is -2.11. The third-order valence-electron chi connectivity index (χ3n) is 2.21. The van der Waals surface area contributed by atoms with Crippen molar-refractivity contribution in [3.63, 3.8) is 0 Å². The van der Waals surface area contributed by atoms with Gasteiger partial charge in [-0.15, -0.1) is 0 Å². The molecule has 0 aliphatic carbocycles. The van der Waals surface area contributed by atoms with E-state index in [2.05, 4.69) is 20.9 Å². The van der Waals surface area contributed by atoms with Crippen molar-refractivity contribution in [3.05, 3.63) is 28.0 Å². The summed E-state index contributed by atoms with van der Waals surface area (Å²) in [6.45, 7) is 1.89. The summed E-state index contributed by atoms with van der Waals surface area (Å²) in [6.07, 6.45) is -1.87. The molecule has 0 amide bonds. The van der Waals surface area contributed by atoms with Crippen molar-refractivity contribution < 1.29 is 18.3 Å². The molecule has 3 nitrogen and oxygen atoms in total. The molecular weight excluding hydrogens is 331 g/mol. The van der Waals surface area contributed by atoms with Crippen molar-refractivity contribution in [2.45, 2.75) is 25.1 Å². The third-order valence-corrected chi connectivity index (χ3v) is 3.19. The first-order valence-corrected chi connectivity index (χ1v) is 6.67. The minimum atomic E-state index is -2.73. The van der Waals surface area contributed by atoms with Crippen molar-refractivity contribution in [2.75, 3.05) is 6.61 Å². The van der Waals surface area contributed by atoms with E-state index in [0.717, 1.165) is 6.20 Å². The van der Waals surface area contributed by atoms with Crippen LogP contribution < -0.4 is 0 Å². The van der Waals surface area contributed by atoms with Gasteiger partial charge in [0.1, 0.15) is 0 Å². The van der Waals surface area contributed by atoms with Gasteiger partial charge in [0, 0.05) is 17.1 Å². The number of nitrogens with zero attached hydrogens (tertiary/aromatic N) is 1. The highest BCUT2D eigenvalue weighted by atomic mass is 79.9. The number of pyridine rings is 1. The standard InChI is InChI=1S/C11H11BrClF2NO2/c1-2-18-9(17)3-6-8(4-12)16-5-7(10(6)13)11(14)15/h5,11H,2-4H2,1H3. The normalized spacial score (nSPS) is 10.8. The molecule has 7 heteroatoms. The minimum absolute atomic E-state index is 0.123. The van der Waals surface area contributed by atoms with E-state index in [9.17, 15) is 13.6 Å². The predicted octanol–water partition coefficient (Wildman–Crippen LogP) is 3.67. The summed E-state index contributed by atoms with van der Waals surface area (Å²) in [6, 6.07) is 0. The average Bonchev–Trinajstić information content (AvgIpc) is 2.31. The molecule has 0 saturated heterocycles. The number of esters is 1. The predicted molar refractivity (Wildman–Crippen MR) is 67.2 cm³/mol. The van der Waals surface area contributed by atoms with Gasteiger partial charge in [0.15, 0.2) is 0 Å². The van der Waals surface area contributed by atoms with Crippen LogP contribution in [0.4, 0.5) is 8.78 Å². The molecule has 0 unspecified atom stereocenters. The molecule has 0 aliphatic heterocycles. The Bertz CT molecular complexity index is 443. The van der Waals surface area contributed by atoms with Crippen LogP contribution in [0.5, 0.6) is 0 Å². The van der Waals surface area contributed by atoms with Crippen molar-refractivity contribution in [1.82, 2.24) is 4.98 Å². The SMILES string of the molecule is CCOC(=O)Cc1c(CBr)ncc(C(F)F)c1Cl. The van der Waals surface area contributed by atoms with Crippen LogP contribution in [0.15, 0.2) is 6.20 Å². The number of aromatic nitrogens is 1.